The van der Waals surface area contributed by atoms with Gasteiger partial charge in [0.2, 0.25) is 0 Å². The van der Waals surface area contributed by atoms with Crippen molar-refractivity contribution in [1.29, 1.82) is 0 Å². The van der Waals surface area contributed by atoms with Gasteiger partial charge in [-0.05, 0) is 63.3 Å². The zero-order valence-corrected chi connectivity index (χ0v) is 30.8. The van der Waals surface area contributed by atoms with Crippen LogP contribution in [0.25, 0.3) is 114 Å². The van der Waals surface area contributed by atoms with Crippen molar-refractivity contribution in [2.75, 3.05) is 0 Å². The molecule has 0 amide bonds. The van der Waals surface area contributed by atoms with E-state index in [0.29, 0.717) is 17.5 Å². The maximum absolute atomic E-state index is 5.37. The predicted molar refractivity (Wildman–Crippen MR) is 236 cm³/mol. The lowest BCUT2D eigenvalue weighted by Gasteiger charge is -2.15. The second-order valence-corrected chi connectivity index (χ2v) is 15.4. The lowest BCUT2D eigenvalue weighted by molar-refractivity contribution is 1.08. The van der Waals surface area contributed by atoms with Crippen molar-refractivity contribution in [1.82, 2.24) is 19.5 Å². The Labute approximate surface area is 325 Å². The number of benzene rings is 9. The summed E-state index contributed by atoms with van der Waals surface area (Å²) >= 11 is 1.80. The van der Waals surface area contributed by atoms with Gasteiger partial charge in [-0.25, -0.2) is 15.0 Å². The molecule has 9 aromatic carbocycles. The van der Waals surface area contributed by atoms with E-state index in [4.69, 9.17) is 15.0 Å². The Morgan fingerprint density at radius 3 is 1.71 bits per heavy atom. The third kappa shape index (κ3) is 4.68. The van der Waals surface area contributed by atoms with Crippen molar-refractivity contribution in [3.63, 3.8) is 0 Å². The maximum Gasteiger partial charge on any atom is 0.164 e. The molecule has 3 aromatic heterocycles. The summed E-state index contributed by atoms with van der Waals surface area (Å²) < 4.78 is 4.88. The van der Waals surface area contributed by atoms with Crippen LogP contribution in [-0.2, 0) is 0 Å². The normalized spacial score (nSPS) is 11.9. The monoisotopic (exact) mass is 730 g/mol. The third-order valence-corrected chi connectivity index (χ3v) is 12.4. The molecule has 260 valence electrons. The van der Waals surface area contributed by atoms with Gasteiger partial charge in [0.05, 0.1) is 16.7 Å². The molecule has 4 nitrogen and oxygen atoms in total. The molecule has 0 atom stereocenters. The Morgan fingerprint density at radius 2 is 0.875 bits per heavy atom. The topological polar surface area (TPSA) is 43.6 Å². The van der Waals surface area contributed by atoms with Crippen molar-refractivity contribution in [3.8, 4) is 39.9 Å². The highest BCUT2D eigenvalue weighted by molar-refractivity contribution is 7.25. The minimum atomic E-state index is 0.644. The largest absolute Gasteiger partial charge is 0.309 e. The highest BCUT2D eigenvalue weighted by atomic mass is 32.1. The average molecular weight is 731 g/mol. The molecule has 0 saturated carbocycles. The molecule has 3 heterocycles. The van der Waals surface area contributed by atoms with E-state index in [9.17, 15) is 0 Å². The van der Waals surface area contributed by atoms with E-state index < -0.39 is 0 Å². The minimum absolute atomic E-state index is 0.644. The molecule has 0 aliphatic rings. The molecule has 0 spiro atoms. The van der Waals surface area contributed by atoms with E-state index in [2.05, 4.69) is 187 Å². The van der Waals surface area contributed by atoms with Gasteiger partial charge in [-0.2, -0.15) is 0 Å². The molecule has 0 fully saturated rings. The lowest BCUT2D eigenvalue weighted by atomic mass is 10.0. The molecular weight excluding hydrogens is 701 g/mol. The summed E-state index contributed by atoms with van der Waals surface area (Å²) in [4.78, 5) is 16.0. The van der Waals surface area contributed by atoms with Crippen LogP contribution in [0.4, 0.5) is 0 Å². The molecule has 0 saturated heterocycles. The molecule has 12 rings (SSSR count). The number of para-hydroxylation sites is 1. The van der Waals surface area contributed by atoms with Gasteiger partial charge in [-0.3, -0.25) is 0 Å². The fraction of sp³-hybridized carbons (Fsp3) is 0. The van der Waals surface area contributed by atoms with Crippen LogP contribution in [0.15, 0.2) is 182 Å². The van der Waals surface area contributed by atoms with Gasteiger partial charge in [0.1, 0.15) is 0 Å². The first-order valence-electron chi connectivity index (χ1n) is 18.9. The molecule has 0 bridgehead atoms. The molecule has 0 aliphatic carbocycles. The molecule has 12 aromatic rings. The van der Waals surface area contributed by atoms with Gasteiger partial charge < -0.3 is 4.57 Å². The summed E-state index contributed by atoms with van der Waals surface area (Å²) in [7, 11) is 0. The highest BCUT2D eigenvalue weighted by Crippen LogP contribution is 2.42. The van der Waals surface area contributed by atoms with Crippen molar-refractivity contribution >= 4 is 85.6 Å². The van der Waals surface area contributed by atoms with E-state index >= 15 is 0 Å². The summed E-state index contributed by atoms with van der Waals surface area (Å²) in [5.74, 6) is 1.96. The first kappa shape index (κ1) is 31.2. The Bertz CT molecular complexity index is 3550. The lowest BCUT2D eigenvalue weighted by Crippen LogP contribution is -2.02. The fourth-order valence-electron chi connectivity index (χ4n) is 8.72. The fourth-order valence-corrected chi connectivity index (χ4v) is 9.85. The van der Waals surface area contributed by atoms with Crippen LogP contribution in [0.3, 0.4) is 0 Å². The SMILES string of the molecule is c1ccc2cc3c(cc2c1)c1ccccc1n3-c1cccc2c(-c3nc(-c4cccc5ccccc45)nc(-c4cccc5sc6ccccc6c45)n3)cccc12. The van der Waals surface area contributed by atoms with Crippen LogP contribution in [0, 0.1) is 0 Å². The van der Waals surface area contributed by atoms with Gasteiger partial charge in [0.25, 0.3) is 0 Å². The number of rotatable bonds is 4. The van der Waals surface area contributed by atoms with E-state index in [1.165, 1.54) is 52.8 Å². The van der Waals surface area contributed by atoms with Crippen molar-refractivity contribution < 1.29 is 0 Å². The van der Waals surface area contributed by atoms with Crippen LogP contribution < -0.4 is 0 Å². The van der Waals surface area contributed by atoms with Gasteiger partial charge >= 0.3 is 0 Å². The average Bonchev–Trinajstić information content (AvgIpc) is 3.80. The molecule has 0 aliphatic heterocycles. The number of hydrogen-bond acceptors (Lipinski definition) is 4. The molecule has 0 radical (unpaired) electrons. The van der Waals surface area contributed by atoms with Gasteiger partial charge in [0.15, 0.2) is 17.5 Å². The smallest absolute Gasteiger partial charge is 0.164 e. The first-order chi connectivity index (χ1) is 27.8. The number of nitrogens with zero attached hydrogens (tertiary/aromatic N) is 4. The van der Waals surface area contributed by atoms with E-state index in [-0.39, 0.29) is 0 Å². The second kappa shape index (κ2) is 12.2. The third-order valence-electron chi connectivity index (χ3n) is 11.2. The van der Waals surface area contributed by atoms with E-state index in [1.807, 2.05) is 0 Å². The van der Waals surface area contributed by atoms with Crippen molar-refractivity contribution in [3.05, 3.63) is 182 Å². The zero-order chi connectivity index (χ0) is 36.7. The van der Waals surface area contributed by atoms with Crippen LogP contribution in [0.1, 0.15) is 0 Å². The number of fused-ring (bicyclic) bond motifs is 9. The van der Waals surface area contributed by atoms with Gasteiger partial charge in [-0.1, -0.05) is 146 Å². The summed E-state index contributed by atoms with van der Waals surface area (Å²) in [6.45, 7) is 0. The Kier molecular flexibility index (Phi) is 6.76. The maximum atomic E-state index is 5.37. The molecule has 5 heteroatoms. The van der Waals surface area contributed by atoms with Crippen molar-refractivity contribution in [2.45, 2.75) is 0 Å². The number of aromatic nitrogens is 4. The highest BCUT2D eigenvalue weighted by Gasteiger charge is 2.20. The van der Waals surface area contributed by atoms with Crippen LogP contribution in [0.5, 0.6) is 0 Å². The van der Waals surface area contributed by atoms with E-state index in [0.717, 1.165) is 43.9 Å². The second-order valence-electron chi connectivity index (χ2n) is 14.4. The summed E-state index contributed by atoms with van der Waals surface area (Å²) in [6, 6.07) is 65.0. The first-order valence-corrected chi connectivity index (χ1v) is 19.7. The summed E-state index contributed by atoms with van der Waals surface area (Å²) in [5, 5.41) is 11.8. The van der Waals surface area contributed by atoms with Crippen molar-refractivity contribution in [2.24, 2.45) is 0 Å². The van der Waals surface area contributed by atoms with Gasteiger partial charge in [0, 0.05) is 53.0 Å². The molecule has 0 N–H and O–H groups in total. The Balaban J connectivity index is 1.14. The molecule has 56 heavy (non-hydrogen) atoms. The zero-order valence-electron chi connectivity index (χ0n) is 30.0. The van der Waals surface area contributed by atoms with E-state index in [1.54, 1.807) is 11.3 Å². The summed E-state index contributed by atoms with van der Waals surface area (Å²) in [6.07, 6.45) is 0. The Hall–Kier alpha value is -7.21. The van der Waals surface area contributed by atoms with Gasteiger partial charge in [-0.15, -0.1) is 11.3 Å². The number of hydrogen-bond donors (Lipinski definition) is 0. The van der Waals surface area contributed by atoms with Crippen LogP contribution in [0.2, 0.25) is 0 Å². The quantitative estimate of drug-likeness (QED) is 0.181. The minimum Gasteiger partial charge on any atom is -0.309 e. The number of thiophene rings is 1. The predicted octanol–water partition coefficient (Wildman–Crippen LogP) is 13.8. The Morgan fingerprint density at radius 1 is 0.339 bits per heavy atom. The molecule has 0 unspecified atom stereocenters. The van der Waals surface area contributed by atoms with Crippen LogP contribution >= 0.6 is 11.3 Å². The summed E-state index contributed by atoms with van der Waals surface area (Å²) in [5.41, 5.74) is 6.41. The molecular formula is C51H30N4S. The standard InChI is InChI=1S/C51H30N4S/c1-2-15-33-30-45-42(29-32(33)14-1)37-18-5-7-25-43(37)55(45)44-26-11-20-35-36(44)21-10-23-39(35)50-52-49(38-22-9-16-31-13-3-4-17-34(31)38)53-51(54-50)41-24-12-28-47-48(41)40-19-6-8-27-46(40)56-47/h1-30H. The van der Waals surface area contributed by atoms with Crippen LogP contribution in [-0.4, -0.2) is 19.5 Å².